The zero-order chi connectivity index (χ0) is 15.7. The summed E-state index contributed by atoms with van der Waals surface area (Å²) in [6.07, 6.45) is 1.53. The molecule has 1 amide bonds. The van der Waals surface area contributed by atoms with E-state index in [1.807, 2.05) is 36.4 Å². The quantitative estimate of drug-likeness (QED) is 0.594. The first-order valence-electron chi connectivity index (χ1n) is 7.08. The first-order valence-corrected chi connectivity index (χ1v) is 7.08. The van der Waals surface area contributed by atoms with Crippen molar-refractivity contribution in [1.82, 2.24) is 4.57 Å². The van der Waals surface area contributed by atoms with Gasteiger partial charge in [-0.25, -0.2) is 0 Å². The van der Waals surface area contributed by atoms with Crippen LogP contribution in [-0.2, 0) is 11.3 Å². The average Bonchev–Trinajstić information content (AvgIpc) is 2.85. The molecule has 0 bridgehead atoms. The molecule has 0 saturated heterocycles. The van der Waals surface area contributed by atoms with Gasteiger partial charge in [-0.1, -0.05) is 24.3 Å². The van der Waals surface area contributed by atoms with Crippen LogP contribution >= 0.6 is 0 Å². The number of primary amides is 1. The molecule has 3 rings (SSSR count). The van der Waals surface area contributed by atoms with E-state index in [1.54, 1.807) is 0 Å². The highest BCUT2D eigenvalue weighted by atomic mass is 16.1. The van der Waals surface area contributed by atoms with Crippen molar-refractivity contribution in [3.63, 3.8) is 0 Å². The standard InChI is InChI=1S/C18H15N3O/c1-2-21-16-6-4-3-5-14(16)15-10-12(7-8-17(15)21)9-13(11-19)18(20)22/h3-10H,2H2,1H3,(H2,20,22). The van der Waals surface area contributed by atoms with Crippen LogP contribution in [0.3, 0.4) is 0 Å². The summed E-state index contributed by atoms with van der Waals surface area (Å²) in [4.78, 5) is 11.2. The zero-order valence-corrected chi connectivity index (χ0v) is 12.2. The van der Waals surface area contributed by atoms with Crippen LogP contribution in [0, 0.1) is 11.3 Å². The van der Waals surface area contributed by atoms with Crippen LogP contribution in [0.25, 0.3) is 27.9 Å². The molecule has 0 unspecified atom stereocenters. The molecule has 0 spiro atoms. The lowest BCUT2D eigenvalue weighted by Crippen LogP contribution is -2.12. The molecule has 2 N–H and O–H groups in total. The van der Waals surface area contributed by atoms with Crippen molar-refractivity contribution in [2.24, 2.45) is 5.73 Å². The van der Waals surface area contributed by atoms with E-state index >= 15 is 0 Å². The maximum Gasteiger partial charge on any atom is 0.259 e. The van der Waals surface area contributed by atoms with E-state index in [-0.39, 0.29) is 5.57 Å². The minimum Gasteiger partial charge on any atom is -0.365 e. The molecule has 1 heterocycles. The Labute approximate surface area is 128 Å². The van der Waals surface area contributed by atoms with Crippen molar-refractivity contribution in [3.05, 3.63) is 53.6 Å². The summed E-state index contributed by atoms with van der Waals surface area (Å²) in [5, 5.41) is 11.2. The minimum absolute atomic E-state index is 0.0430. The van der Waals surface area contributed by atoms with Crippen LogP contribution in [0.5, 0.6) is 0 Å². The second-order valence-electron chi connectivity index (χ2n) is 5.07. The summed E-state index contributed by atoms with van der Waals surface area (Å²) in [7, 11) is 0. The number of hydrogen-bond donors (Lipinski definition) is 1. The number of nitriles is 1. The monoisotopic (exact) mass is 289 g/mol. The number of nitrogens with zero attached hydrogens (tertiary/aromatic N) is 2. The second-order valence-corrected chi connectivity index (χ2v) is 5.07. The summed E-state index contributed by atoms with van der Waals surface area (Å²) >= 11 is 0. The molecular formula is C18H15N3O. The van der Waals surface area contributed by atoms with Crippen molar-refractivity contribution < 1.29 is 4.79 Å². The van der Waals surface area contributed by atoms with E-state index in [2.05, 4.69) is 23.6 Å². The van der Waals surface area contributed by atoms with Gasteiger partial charge in [-0.3, -0.25) is 4.79 Å². The normalized spacial score (nSPS) is 11.7. The summed E-state index contributed by atoms with van der Waals surface area (Å²) < 4.78 is 2.25. The third-order valence-electron chi connectivity index (χ3n) is 3.81. The molecule has 1 aromatic heterocycles. The van der Waals surface area contributed by atoms with Crippen LogP contribution in [0.15, 0.2) is 48.0 Å². The number of para-hydroxylation sites is 1. The Morgan fingerprint density at radius 1 is 1.23 bits per heavy atom. The van der Waals surface area contributed by atoms with Gasteiger partial charge in [0.1, 0.15) is 11.6 Å². The largest absolute Gasteiger partial charge is 0.365 e. The molecule has 22 heavy (non-hydrogen) atoms. The van der Waals surface area contributed by atoms with Gasteiger partial charge in [0, 0.05) is 28.4 Å². The zero-order valence-electron chi connectivity index (χ0n) is 12.2. The molecule has 0 saturated carbocycles. The molecule has 0 aliphatic heterocycles. The lowest BCUT2D eigenvalue weighted by Gasteiger charge is -2.02. The van der Waals surface area contributed by atoms with E-state index in [9.17, 15) is 4.79 Å². The Kier molecular flexibility index (Phi) is 3.40. The van der Waals surface area contributed by atoms with Crippen LogP contribution in [0.2, 0.25) is 0 Å². The van der Waals surface area contributed by atoms with Gasteiger partial charge in [-0.2, -0.15) is 5.26 Å². The Morgan fingerprint density at radius 2 is 1.95 bits per heavy atom. The molecule has 108 valence electrons. The highest BCUT2D eigenvalue weighted by molar-refractivity contribution is 6.09. The van der Waals surface area contributed by atoms with Gasteiger partial charge in [0.25, 0.3) is 5.91 Å². The third kappa shape index (κ3) is 2.13. The summed E-state index contributed by atoms with van der Waals surface area (Å²) in [6, 6.07) is 15.9. The van der Waals surface area contributed by atoms with E-state index in [0.717, 1.165) is 28.4 Å². The van der Waals surface area contributed by atoms with Crippen LogP contribution in [-0.4, -0.2) is 10.5 Å². The molecule has 0 aliphatic carbocycles. The fraction of sp³-hybridized carbons (Fsp3) is 0.111. The maximum atomic E-state index is 11.2. The number of aryl methyl sites for hydroxylation is 1. The van der Waals surface area contributed by atoms with E-state index in [1.165, 1.54) is 11.6 Å². The molecule has 2 aromatic carbocycles. The maximum absolute atomic E-state index is 11.2. The van der Waals surface area contributed by atoms with E-state index in [0.29, 0.717) is 0 Å². The number of nitrogens with two attached hydrogens (primary N) is 1. The molecule has 0 atom stereocenters. The van der Waals surface area contributed by atoms with Crippen molar-refractivity contribution in [2.45, 2.75) is 13.5 Å². The van der Waals surface area contributed by atoms with Crippen LogP contribution in [0.1, 0.15) is 12.5 Å². The molecule has 0 radical (unpaired) electrons. The number of carbonyl (C=O) groups excluding carboxylic acids is 1. The first kappa shape index (κ1) is 13.9. The molecular weight excluding hydrogens is 274 g/mol. The summed E-state index contributed by atoms with van der Waals surface area (Å²) in [5.41, 5.74) is 8.26. The summed E-state index contributed by atoms with van der Waals surface area (Å²) in [6.45, 7) is 2.99. The fourth-order valence-electron chi connectivity index (χ4n) is 2.83. The number of hydrogen-bond acceptors (Lipinski definition) is 2. The van der Waals surface area contributed by atoms with Crippen molar-refractivity contribution in [3.8, 4) is 6.07 Å². The predicted molar refractivity (Wildman–Crippen MR) is 87.9 cm³/mol. The molecule has 4 nitrogen and oxygen atoms in total. The second kappa shape index (κ2) is 5.38. The van der Waals surface area contributed by atoms with Gasteiger partial charge >= 0.3 is 0 Å². The smallest absolute Gasteiger partial charge is 0.259 e. The lowest BCUT2D eigenvalue weighted by molar-refractivity contribution is -0.114. The fourth-order valence-corrected chi connectivity index (χ4v) is 2.83. The molecule has 0 aliphatic rings. The molecule has 4 heteroatoms. The van der Waals surface area contributed by atoms with Gasteiger partial charge in [0.2, 0.25) is 0 Å². The Balaban J connectivity index is 2.29. The molecule has 3 aromatic rings. The number of benzene rings is 2. The van der Waals surface area contributed by atoms with E-state index < -0.39 is 5.91 Å². The lowest BCUT2D eigenvalue weighted by atomic mass is 10.1. The number of amides is 1. The Hall–Kier alpha value is -3.06. The predicted octanol–water partition coefficient (Wildman–Crippen LogP) is 3.21. The van der Waals surface area contributed by atoms with Crippen LogP contribution in [0.4, 0.5) is 0 Å². The third-order valence-corrected chi connectivity index (χ3v) is 3.81. The SMILES string of the molecule is CCn1c2ccccc2c2cc(C=C(C#N)C(N)=O)ccc21. The first-order chi connectivity index (χ1) is 10.7. The van der Waals surface area contributed by atoms with Crippen molar-refractivity contribution in [1.29, 1.82) is 5.26 Å². The highest BCUT2D eigenvalue weighted by Crippen LogP contribution is 2.30. The van der Waals surface area contributed by atoms with Gasteiger partial charge in [0.15, 0.2) is 0 Å². The van der Waals surface area contributed by atoms with Gasteiger partial charge < -0.3 is 10.3 Å². The van der Waals surface area contributed by atoms with Gasteiger partial charge in [-0.15, -0.1) is 0 Å². The van der Waals surface area contributed by atoms with Gasteiger partial charge in [-0.05, 0) is 36.8 Å². The Bertz CT molecular complexity index is 958. The number of rotatable bonds is 3. The number of fused-ring (bicyclic) bond motifs is 3. The van der Waals surface area contributed by atoms with Crippen molar-refractivity contribution >= 4 is 33.8 Å². The average molecular weight is 289 g/mol. The van der Waals surface area contributed by atoms with Crippen LogP contribution < -0.4 is 5.73 Å². The topological polar surface area (TPSA) is 71.8 Å². The number of carbonyl (C=O) groups is 1. The Morgan fingerprint density at radius 3 is 2.64 bits per heavy atom. The number of aromatic nitrogens is 1. The minimum atomic E-state index is -0.710. The highest BCUT2D eigenvalue weighted by Gasteiger charge is 2.10. The van der Waals surface area contributed by atoms with Crippen molar-refractivity contribution in [2.75, 3.05) is 0 Å². The summed E-state index contributed by atoms with van der Waals surface area (Å²) in [5.74, 6) is -0.710. The molecule has 0 fully saturated rings. The van der Waals surface area contributed by atoms with Gasteiger partial charge in [0.05, 0.1) is 0 Å². The van der Waals surface area contributed by atoms with E-state index in [4.69, 9.17) is 11.0 Å².